The SMILES string of the molecule is C[C@H]1CCCN(C(=O)c2ccc(Cn3c(SCc4ccc(F)cc4)nc4cccnc43)cc2)C1. The maximum atomic E-state index is 13.2. The van der Waals surface area contributed by atoms with Crippen molar-refractivity contribution in [1.29, 1.82) is 0 Å². The largest absolute Gasteiger partial charge is 0.338 e. The molecule has 0 N–H and O–H groups in total. The Morgan fingerprint density at radius 3 is 2.62 bits per heavy atom. The summed E-state index contributed by atoms with van der Waals surface area (Å²) in [6.07, 6.45) is 4.04. The molecule has 5 nitrogen and oxygen atoms in total. The predicted molar refractivity (Wildman–Crippen MR) is 133 cm³/mol. The molecule has 1 saturated heterocycles. The molecule has 3 heterocycles. The molecule has 1 fully saturated rings. The Labute approximate surface area is 203 Å². The average Bonchev–Trinajstić information content (AvgIpc) is 3.21. The van der Waals surface area contributed by atoms with Crippen LogP contribution in [0.2, 0.25) is 0 Å². The molecule has 1 atom stereocenters. The minimum absolute atomic E-state index is 0.114. The van der Waals surface area contributed by atoms with E-state index in [0.717, 1.165) is 52.5 Å². The first-order valence-electron chi connectivity index (χ1n) is 11.6. The van der Waals surface area contributed by atoms with Gasteiger partial charge in [0, 0.05) is 30.6 Å². The predicted octanol–water partition coefficient (Wildman–Crippen LogP) is 5.78. The van der Waals surface area contributed by atoms with Gasteiger partial charge in [-0.1, -0.05) is 43.0 Å². The number of piperidine rings is 1. The molecule has 2 aromatic carbocycles. The van der Waals surface area contributed by atoms with E-state index >= 15 is 0 Å². The lowest BCUT2D eigenvalue weighted by Gasteiger charge is -2.31. The minimum Gasteiger partial charge on any atom is -0.338 e. The molecule has 1 aliphatic heterocycles. The summed E-state index contributed by atoms with van der Waals surface area (Å²) in [6.45, 7) is 4.49. The number of imidazole rings is 1. The lowest BCUT2D eigenvalue weighted by atomic mass is 9.99. The van der Waals surface area contributed by atoms with E-state index in [1.807, 2.05) is 41.3 Å². The minimum atomic E-state index is -0.234. The first kappa shape index (κ1) is 22.6. The second-order valence-corrected chi connectivity index (χ2v) is 9.88. The molecule has 1 aliphatic rings. The molecule has 0 saturated carbocycles. The van der Waals surface area contributed by atoms with Crippen molar-refractivity contribution < 1.29 is 9.18 Å². The molecule has 0 bridgehead atoms. The van der Waals surface area contributed by atoms with Crippen LogP contribution in [0.15, 0.2) is 72.0 Å². The molecule has 5 rings (SSSR count). The van der Waals surface area contributed by atoms with Gasteiger partial charge in [-0.25, -0.2) is 14.4 Å². The van der Waals surface area contributed by atoms with E-state index < -0.39 is 0 Å². The number of aromatic nitrogens is 3. The smallest absolute Gasteiger partial charge is 0.253 e. The van der Waals surface area contributed by atoms with Crippen LogP contribution in [0, 0.1) is 11.7 Å². The summed E-state index contributed by atoms with van der Waals surface area (Å²) in [5, 5.41) is 0.862. The van der Waals surface area contributed by atoms with Crippen molar-refractivity contribution in [3.8, 4) is 0 Å². The number of benzene rings is 2. The number of hydrogen-bond donors (Lipinski definition) is 0. The van der Waals surface area contributed by atoms with Crippen molar-refractivity contribution in [2.45, 2.75) is 37.2 Å². The maximum absolute atomic E-state index is 13.2. The van der Waals surface area contributed by atoms with Gasteiger partial charge in [-0.2, -0.15) is 0 Å². The van der Waals surface area contributed by atoms with E-state index in [2.05, 4.69) is 16.5 Å². The van der Waals surface area contributed by atoms with Crippen LogP contribution in [0.25, 0.3) is 11.2 Å². The normalized spacial score (nSPS) is 16.2. The molecule has 7 heteroatoms. The Bertz CT molecular complexity index is 1290. The Hall–Kier alpha value is -3.19. The van der Waals surface area contributed by atoms with Gasteiger partial charge in [-0.05, 0) is 66.3 Å². The van der Waals surface area contributed by atoms with Crippen molar-refractivity contribution in [3.05, 3.63) is 89.4 Å². The molecular weight excluding hydrogens is 447 g/mol. The van der Waals surface area contributed by atoms with Crippen LogP contribution in [-0.2, 0) is 12.3 Å². The number of amides is 1. The summed E-state index contributed by atoms with van der Waals surface area (Å²) in [5.41, 5.74) is 4.52. The number of pyridine rings is 1. The first-order valence-corrected chi connectivity index (χ1v) is 12.6. The van der Waals surface area contributed by atoms with Crippen LogP contribution in [0.5, 0.6) is 0 Å². The van der Waals surface area contributed by atoms with Gasteiger partial charge in [-0.15, -0.1) is 0 Å². The third kappa shape index (κ3) is 4.99. The topological polar surface area (TPSA) is 51.0 Å². The van der Waals surface area contributed by atoms with E-state index in [-0.39, 0.29) is 11.7 Å². The number of carbonyl (C=O) groups excluding carboxylic acids is 1. The average molecular weight is 475 g/mol. The fourth-order valence-corrected chi connectivity index (χ4v) is 5.37. The van der Waals surface area contributed by atoms with E-state index in [1.165, 1.54) is 18.6 Å². The Balaban J connectivity index is 1.35. The third-order valence-corrected chi connectivity index (χ3v) is 7.28. The second kappa shape index (κ2) is 9.97. The second-order valence-electron chi connectivity index (χ2n) is 8.94. The third-order valence-electron chi connectivity index (χ3n) is 6.24. The Kier molecular flexibility index (Phi) is 6.63. The first-order chi connectivity index (χ1) is 16.6. The molecular formula is C27H27FN4OS. The van der Waals surface area contributed by atoms with Crippen LogP contribution in [0.3, 0.4) is 0 Å². The summed E-state index contributed by atoms with van der Waals surface area (Å²) in [4.78, 5) is 24.2. The number of halogens is 1. The van der Waals surface area contributed by atoms with E-state index in [0.29, 0.717) is 18.2 Å². The van der Waals surface area contributed by atoms with Crippen molar-refractivity contribution in [3.63, 3.8) is 0 Å². The zero-order valence-electron chi connectivity index (χ0n) is 19.2. The van der Waals surface area contributed by atoms with Crippen molar-refractivity contribution >= 4 is 28.8 Å². The van der Waals surface area contributed by atoms with Gasteiger partial charge in [0.25, 0.3) is 5.91 Å². The molecule has 0 aliphatic carbocycles. The van der Waals surface area contributed by atoms with Gasteiger partial charge in [0.05, 0.1) is 6.54 Å². The van der Waals surface area contributed by atoms with Crippen molar-refractivity contribution in [2.24, 2.45) is 5.92 Å². The highest BCUT2D eigenvalue weighted by molar-refractivity contribution is 7.98. The van der Waals surface area contributed by atoms with Gasteiger partial charge < -0.3 is 4.90 Å². The molecule has 174 valence electrons. The highest BCUT2D eigenvalue weighted by Crippen LogP contribution is 2.27. The highest BCUT2D eigenvalue weighted by Gasteiger charge is 2.22. The number of rotatable bonds is 6. The zero-order valence-corrected chi connectivity index (χ0v) is 20.0. The molecule has 0 radical (unpaired) electrons. The lowest BCUT2D eigenvalue weighted by Crippen LogP contribution is -2.39. The van der Waals surface area contributed by atoms with E-state index in [4.69, 9.17) is 4.98 Å². The summed E-state index contributed by atoms with van der Waals surface area (Å²) in [6, 6.07) is 18.3. The number of fused-ring (bicyclic) bond motifs is 1. The quantitative estimate of drug-likeness (QED) is 0.332. The summed E-state index contributed by atoms with van der Waals surface area (Å²) in [7, 11) is 0. The molecule has 0 spiro atoms. The van der Waals surface area contributed by atoms with Gasteiger partial charge >= 0.3 is 0 Å². The number of nitrogens with zero attached hydrogens (tertiary/aromatic N) is 4. The van der Waals surface area contributed by atoms with Crippen LogP contribution in [-0.4, -0.2) is 38.4 Å². The van der Waals surface area contributed by atoms with Crippen LogP contribution >= 0.6 is 11.8 Å². The van der Waals surface area contributed by atoms with Crippen molar-refractivity contribution in [2.75, 3.05) is 13.1 Å². The maximum Gasteiger partial charge on any atom is 0.253 e. The molecule has 0 unspecified atom stereocenters. The Morgan fingerprint density at radius 2 is 1.85 bits per heavy atom. The molecule has 4 aromatic rings. The number of likely N-dealkylation sites (tertiary alicyclic amines) is 1. The van der Waals surface area contributed by atoms with Crippen LogP contribution in [0.1, 0.15) is 41.3 Å². The summed E-state index contributed by atoms with van der Waals surface area (Å²) in [5.74, 6) is 1.13. The number of hydrogen-bond acceptors (Lipinski definition) is 4. The van der Waals surface area contributed by atoms with Gasteiger partial charge in [-0.3, -0.25) is 9.36 Å². The van der Waals surface area contributed by atoms with Gasteiger partial charge in [0.1, 0.15) is 11.3 Å². The van der Waals surface area contributed by atoms with Crippen LogP contribution in [0.4, 0.5) is 4.39 Å². The fourth-order valence-electron chi connectivity index (χ4n) is 4.41. The lowest BCUT2D eigenvalue weighted by molar-refractivity contribution is 0.0683. The fraction of sp³-hybridized carbons (Fsp3) is 0.296. The monoisotopic (exact) mass is 474 g/mol. The number of carbonyl (C=O) groups is 1. The van der Waals surface area contributed by atoms with Crippen molar-refractivity contribution in [1.82, 2.24) is 19.4 Å². The van der Waals surface area contributed by atoms with Gasteiger partial charge in [0.2, 0.25) is 0 Å². The van der Waals surface area contributed by atoms with E-state index in [1.54, 1.807) is 30.1 Å². The molecule has 1 amide bonds. The summed E-state index contributed by atoms with van der Waals surface area (Å²) >= 11 is 1.61. The highest BCUT2D eigenvalue weighted by atomic mass is 32.2. The number of thioether (sulfide) groups is 1. The van der Waals surface area contributed by atoms with Gasteiger partial charge in [0.15, 0.2) is 10.8 Å². The molecule has 2 aromatic heterocycles. The zero-order chi connectivity index (χ0) is 23.5. The Morgan fingerprint density at radius 1 is 1.09 bits per heavy atom. The van der Waals surface area contributed by atoms with Crippen LogP contribution < -0.4 is 0 Å². The summed E-state index contributed by atoms with van der Waals surface area (Å²) < 4.78 is 15.3. The standard InChI is InChI=1S/C27H27FN4OS/c1-19-4-3-15-31(16-19)26(33)22-10-6-20(7-11-22)17-32-25-24(5-2-14-29-25)30-27(32)34-18-21-8-12-23(28)13-9-21/h2,5-14,19H,3-4,15-18H2,1H3/t19-/m0/s1. The van der Waals surface area contributed by atoms with E-state index in [9.17, 15) is 9.18 Å². The molecule has 34 heavy (non-hydrogen) atoms.